The number of aliphatic carboxylic acids is 1. The second-order valence-electron chi connectivity index (χ2n) is 4.23. The lowest BCUT2D eigenvalue weighted by Crippen LogP contribution is -1.94. The predicted molar refractivity (Wildman–Crippen MR) is 80.3 cm³/mol. The van der Waals surface area contributed by atoms with E-state index in [9.17, 15) is 4.79 Å². The summed E-state index contributed by atoms with van der Waals surface area (Å²) >= 11 is 0. The second-order valence-corrected chi connectivity index (χ2v) is 4.23. The van der Waals surface area contributed by atoms with Crippen LogP contribution in [0.2, 0.25) is 0 Å². The van der Waals surface area contributed by atoms with Gasteiger partial charge in [-0.15, -0.1) is 5.73 Å². The highest BCUT2D eigenvalue weighted by Crippen LogP contribution is 2.21. The zero-order valence-electron chi connectivity index (χ0n) is 10.9. The van der Waals surface area contributed by atoms with Crippen LogP contribution in [0.5, 0.6) is 0 Å². The third-order valence-electron chi connectivity index (χ3n) is 2.79. The van der Waals surface area contributed by atoms with Crippen LogP contribution in [0.25, 0.3) is 5.57 Å². The molecule has 0 saturated carbocycles. The molecule has 2 nitrogen and oxygen atoms in total. The van der Waals surface area contributed by atoms with E-state index in [1.165, 1.54) is 6.08 Å². The third kappa shape index (κ3) is 3.35. The first-order chi connectivity index (χ1) is 9.68. The first-order valence-electron chi connectivity index (χ1n) is 6.18. The Morgan fingerprint density at radius 1 is 0.950 bits per heavy atom. The summed E-state index contributed by atoms with van der Waals surface area (Å²) < 4.78 is 0. The van der Waals surface area contributed by atoms with Crippen molar-refractivity contribution in [1.29, 1.82) is 0 Å². The van der Waals surface area contributed by atoms with E-state index in [0.29, 0.717) is 0 Å². The van der Waals surface area contributed by atoms with Gasteiger partial charge in [-0.05, 0) is 17.2 Å². The van der Waals surface area contributed by atoms with Crippen LogP contribution in [0, 0.1) is 0 Å². The van der Waals surface area contributed by atoms with Gasteiger partial charge in [0.15, 0.2) is 0 Å². The van der Waals surface area contributed by atoms with Crippen LogP contribution < -0.4 is 0 Å². The molecule has 2 aromatic carbocycles. The quantitative estimate of drug-likeness (QED) is 0.515. The fraction of sp³-hybridized carbons (Fsp3) is 0. The molecule has 2 rings (SSSR count). The second kappa shape index (κ2) is 6.37. The maximum absolute atomic E-state index is 10.8. The zero-order chi connectivity index (χ0) is 14.4. The van der Waals surface area contributed by atoms with Crippen molar-refractivity contribution in [3.05, 3.63) is 95.7 Å². The highest BCUT2D eigenvalue weighted by atomic mass is 16.4. The number of carboxylic acids is 1. The Labute approximate surface area is 118 Å². The fourth-order valence-corrected chi connectivity index (χ4v) is 1.76. The summed E-state index contributed by atoms with van der Waals surface area (Å²) in [6.07, 6.45) is 1.40. The highest BCUT2D eigenvalue weighted by Gasteiger charge is 2.04. The van der Waals surface area contributed by atoms with Gasteiger partial charge in [0.25, 0.3) is 0 Å². The van der Waals surface area contributed by atoms with Crippen LogP contribution in [-0.2, 0) is 4.79 Å². The SMILES string of the molecule is C=C(C=C=C(c1ccccc1)c1ccccc1)C(=O)O. The molecule has 0 aliphatic heterocycles. The van der Waals surface area contributed by atoms with Gasteiger partial charge in [0, 0.05) is 5.57 Å². The molecular weight excluding hydrogens is 248 g/mol. The molecule has 2 aromatic rings. The lowest BCUT2D eigenvalue weighted by Gasteiger charge is -2.05. The number of rotatable bonds is 4. The van der Waals surface area contributed by atoms with E-state index in [4.69, 9.17) is 5.11 Å². The highest BCUT2D eigenvalue weighted by molar-refractivity contribution is 5.89. The molecule has 0 bridgehead atoms. The van der Waals surface area contributed by atoms with Crippen LogP contribution >= 0.6 is 0 Å². The van der Waals surface area contributed by atoms with Crippen LogP contribution in [0.4, 0.5) is 0 Å². The van der Waals surface area contributed by atoms with Gasteiger partial charge < -0.3 is 5.11 Å². The minimum absolute atomic E-state index is 0.00867. The van der Waals surface area contributed by atoms with Crippen molar-refractivity contribution in [2.45, 2.75) is 0 Å². The van der Waals surface area contributed by atoms with E-state index >= 15 is 0 Å². The molecule has 0 radical (unpaired) electrons. The molecule has 0 unspecified atom stereocenters. The average Bonchev–Trinajstić information content (AvgIpc) is 2.49. The van der Waals surface area contributed by atoms with Crippen LogP contribution in [-0.4, -0.2) is 11.1 Å². The average molecular weight is 262 g/mol. The molecule has 0 spiro atoms. The van der Waals surface area contributed by atoms with Crippen molar-refractivity contribution in [2.75, 3.05) is 0 Å². The number of hydrogen-bond acceptors (Lipinski definition) is 1. The fourth-order valence-electron chi connectivity index (χ4n) is 1.76. The van der Waals surface area contributed by atoms with Gasteiger partial charge in [-0.25, -0.2) is 4.79 Å². The molecule has 0 aliphatic rings. The summed E-state index contributed by atoms with van der Waals surface area (Å²) in [5.41, 5.74) is 5.85. The summed E-state index contributed by atoms with van der Waals surface area (Å²) in [4.78, 5) is 10.8. The largest absolute Gasteiger partial charge is 0.478 e. The van der Waals surface area contributed by atoms with Gasteiger partial charge in [-0.1, -0.05) is 67.2 Å². The summed E-state index contributed by atoms with van der Waals surface area (Å²) in [6, 6.07) is 19.5. The van der Waals surface area contributed by atoms with Gasteiger partial charge in [-0.3, -0.25) is 0 Å². The molecule has 0 heterocycles. The van der Waals surface area contributed by atoms with E-state index in [2.05, 4.69) is 12.3 Å². The smallest absolute Gasteiger partial charge is 0.335 e. The first-order valence-corrected chi connectivity index (χ1v) is 6.18. The van der Waals surface area contributed by atoms with Crippen molar-refractivity contribution in [1.82, 2.24) is 0 Å². The number of hydrogen-bond donors (Lipinski definition) is 1. The van der Waals surface area contributed by atoms with Crippen molar-refractivity contribution in [3.63, 3.8) is 0 Å². The Kier molecular flexibility index (Phi) is 4.33. The molecule has 0 aromatic heterocycles. The summed E-state index contributed by atoms with van der Waals surface area (Å²) in [5, 5.41) is 8.86. The molecule has 0 atom stereocenters. The van der Waals surface area contributed by atoms with Crippen molar-refractivity contribution in [3.8, 4) is 0 Å². The van der Waals surface area contributed by atoms with Crippen LogP contribution in [0.15, 0.2) is 84.6 Å². The van der Waals surface area contributed by atoms with Gasteiger partial charge in [0.2, 0.25) is 0 Å². The lowest BCUT2D eigenvalue weighted by molar-refractivity contribution is -0.132. The minimum atomic E-state index is -1.04. The molecule has 1 N–H and O–H groups in total. The summed E-state index contributed by atoms with van der Waals surface area (Å²) in [7, 11) is 0. The predicted octanol–water partition coefficient (Wildman–Crippen LogP) is 3.91. The molecule has 98 valence electrons. The first kappa shape index (κ1) is 13.6. The Bertz CT molecular complexity index is 634. The van der Waals surface area contributed by atoms with Crippen molar-refractivity contribution in [2.24, 2.45) is 0 Å². The van der Waals surface area contributed by atoms with E-state index < -0.39 is 5.97 Å². The minimum Gasteiger partial charge on any atom is -0.478 e. The van der Waals surface area contributed by atoms with Gasteiger partial charge >= 0.3 is 5.97 Å². The van der Waals surface area contributed by atoms with Gasteiger partial charge in [0.1, 0.15) is 0 Å². The third-order valence-corrected chi connectivity index (χ3v) is 2.79. The van der Waals surface area contributed by atoms with Crippen molar-refractivity contribution >= 4 is 11.5 Å². The standard InChI is InChI=1S/C18H14O2/c1-14(18(19)20)12-13-17(15-8-4-2-5-9-15)16-10-6-3-7-11-16/h2-12H,1H2,(H,19,20). The Morgan fingerprint density at radius 2 is 1.40 bits per heavy atom. The van der Waals surface area contributed by atoms with E-state index in [0.717, 1.165) is 16.7 Å². The van der Waals surface area contributed by atoms with Crippen LogP contribution in [0.1, 0.15) is 11.1 Å². The Hall–Kier alpha value is -2.83. The Balaban J connectivity index is 2.54. The lowest BCUT2D eigenvalue weighted by atomic mass is 9.98. The van der Waals surface area contributed by atoms with E-state index in [1.807, 2.05) is 60.7 Å². The van der Waals surface area contributed by atoms with E-state index in [-0.39, 0.29) is 5.57 Å². The maximum atomic E-state index is 10.8. The van der Waals surface area contributed by atoms with Gasteiger partial charge in [-0.2, -0.15) is 0 Å². The molecule has 0 aliphatic carbocycles. The topological polar surface area (TPSA) is 37.3 Å². The molecule has 0 saturated heterocycles. The number of carbonyl (C=O) groups is 1. The molecule has 20 heavy (non-hydrogen) atoms. The normalized spacial score (nSPS) is 9.40. The monoisotopic (exact) mass is 262 g/mol. The van der Waals surface area contributed by atoms with Gasteiger partial charge in [0.05, 0.1) is 5.57 Å². The molecule has 2 heteroatoms. The zero-order valence-corrected chi connectivity index (χ0v) is 10.9. The maximum Gasteiger partial charge on any atom is 0.335 e. The number of carboxylic acid groups (broad SMARTS) is 1. The van der Waals surface area contributed by atoms with Crippen molar-refractivity contribution < 1.29 is 9.90 Å². The van der Waals surface area contributed by atoms with Crippen LogP contribution in [0.3, 0.4) is 0 Å². The van der Waals surface area contributed by atoms with E-state index in [1.54, 1.807) is 0 Å². The summed E-state index contributed by atoms with van der Waals surface area (Å²) in [5.74, 6) is -1.04. The summed E-state index contributed by atoms with van der Waals surface area (Å²) in [6.45, 7) is 3.48. The number of benzene rings is 2. The molecular formula is C18H14O2. The molecule has 0 amide bonds. The molecule has 0 fully saturated rings. The Morgan fingerprint density at radius 3 is 1.80 bits per heavy atom.